The van der Waals surface area contributed by atoms with E-state index in [-0.39, 0.29) is 4.90 Å². The van der Waals surface area contributed by atoms with E-state index in [0.29, 0.717) is 0 Å². The molecule has 0 saturated heterocycles. The fourth-order valence-corrected chi connectivity index (χ4v) is 4.68. The van der Waals surface area contributed by atoms with Crippen molar-refractivity contribution in [1.29, 1.82) is 0 Å². The highest BCUT2D eigenvalue weighted by molar-refractivity contribution is 7.89. The van der Waals surface area contributed by atoms with Crippen molar-refractivity contribution in [2.45, 2.75) is 11.8 Å². The molecule has 122 valence electrons. The molecule has 0 fully saturated rings. The van der Waals surface area contributed by atoms with E-state index in [9.17, 15) is 8.42 Å². The van der Waals surface area contributed by atoms with Crippen molar-refractivity contribution in [3.05, 3.63) is 46.9 Å². The predicted octanol–water partition coefficient (Wildman–Crippen LogP) is 3.14. The Morgan fingerprint density at radius 1 is 1.12 bits per heavy atom. The average molecular weight is 376 g/mol. The van der Waals surface area contributed by atoms with E-state index in [1.165, 1.54) is 23.5 Å². The van der Waals surface area contributed by atoms with Crippen LogP contribution in [0.5, 0.6) is 0 Å². The number of aryl methyl sites for hydroxylation is 1. The lowest BCUT2D eigenvalue weighted by molar-refractivity contribution is 0.598. The summed E-state index contributed by atoms with van der Waals surface area (Å²) < 4.78 is 24.7. The minimum absolute atomic E-state index is 0.0910. The lowest BCUT2D eigenvalue weighted by Gasteiger charge is -2.00. The largest absolute Gasteiger partial charge is 0.288 e. The Hall–Kier alpha value is -2.07. The first kappa shape index (κ1) is 15.5. The van der Waals surface area contributed by atoms with Gasteiger partial charge in [0, 0.05) is 22.5 Å². The normalized spacial score (nSPS) is 12.1. The monoisotopic (exact) mass is 376 g/mol. The van der Waals surface area contributed by atoms with Crippen LogP contribution in [0.3, 0.4) is 0 Å². The number of aromatic nitrogens is 3. The van der Waals surface area contributed by atoms with Crippen LogP contribution >= 0.6 is 22.7 Å². The van der Waals surface area contributed by atoms with E-state index in [0.717, 1.165) is 32.6 Å². The van der Waals surface area contributed by atoms with Gasteiger partial charge in [0.25, 0.3) is 0 Å². The summed E-state index contributed by atoms with van der Waals surface area (Å²) in [5.41, 5.74) is 3.56. The molecule has 0 unspecified atom stereocenters. The van der Waals surface area contributed by atoms with Crippen LogP contribution in [-0.4, -0.2) is 22.8 Å². The van der Waals surface area contributed by atoms with Crippen molar-refractivity contribution in [3.63, 3.8) is 0 Å². The lowest BCUT2D eigenvalue weighted by Crippen LogP contribution is -2.11. The van der Waals surface area contributed by atoms with E-state index in [4.69, 9.17) is 5.14 Å². The first-order valence-electron chi connectivity index (χ1n) is 6.95. The summed E-state index contributed by atoms with van der Waals surface area (Å²) in [6.07, 6.45) is 1.98. The molecule has 0 aliphatic heterocycles. The van der Waals surface area contributed by atoms with Crippen LogP contribution in [0.15, 0.2) is 46.1 Å². The third-order valence-electron chi connectivity index (χ3n) is 3.62. The van der Waals surface area contributed by atoms with Crippen molar-refractivity contribution in [2.24, 2.45) is 5.14 Å². The Morgan fingerprint density at radius 2 is 1.88 bits per heavy atom. The topological polar surface area (TPSA) is 90.3 Å². The fourth-order valence-electron chi connectivity index (χ4n) is 2.48. The van der Waals surface area contributed by atoms with Gasteiger partial charge in [0.05, 0.1) is 16.3 Å². The molecule has 0 amide bonds. The number of imidazole rings is 1. The highest BCUT2D eigenvalue weighted by Gasteiger charge is 2.16. The molecule has 0 saturated carbocycles. The fraction of sp³-hybridized carbons (Fsp3) is 0.0667. The van der Waals surface area contributed by atoms with Crippen LogP contribution < -0.4 is 5.14 Å². The molecular weight excluding hydrogens is 364 g/mol. The second-order valence-electron chi connectivity index (χ2n) is 5.21. The molecule has 0 radical (unpaired) electrons. The number of benzene rings is 1. The maximum Gasteiger partial charge on any atom is 0.238 e. The Bertz CT molecular complexity index is 1140. The van der Waals surface area contributed by atoms with Gasteiger partial charge in [0.2, 0.25) is 10.0 Å². The van der Waals surface area contributed by atoms with Gasteiger partial charge in [-0.2, -0.15) is 0 Å². The molecule has 0 spiro atoms. The molecule has 0 aliphatic rings. The van der Waals surface area contributed by atoms with Gasteiger partial charge in [-0.25, -0.2) is 23.5 Å². The summed E-state index contributed by atoms with van der Waals surface area (Å²) in [4.78, 5) is 10.3. The molecule has 4 rings (SSSR count). The van der Waals surface area contributed by atoms with Gasteiger partial charge < -0.3 is 0 Å². The van der Waals surface area contributed by atoms with E-state index in [1.54, 1.807) is 23.5 Å². The third-order valence-corrected chi connectivity index (χ3v) is 6.16. The molecule has 3 heterocycles. The van der Waals surface area contributed by atoms with Gasteiger partial charge in [-0.3, -0.25) is 4.40 Å². The Labute approximate surface area is 146 Å². The molecular formula is C15H12N4O2S3. The molecule has 4 aromatic rings. The van der Waals surface area contributed by atoms with Gasteiger partial charge >= 0.3 is 0 Å². The standard InChI is InChI=1S/C15H12N4O2S3/c1-9-13(19-6-7-22-15(19)17-9)14-18-12(8-23-14)10-2-4-11(5-3-10)24(16,20)21/h2-8H,1H3,(H2,16,20,21). The first-order chi connectivity index (χ1) is 11.4. The third kappa shape index (κ3) is 2.55. The number of fused-ring (bicyclic) bond motifs is 1. The summed E-state index contributed by atoms with van der Waals surface area (Å²) in [7, 11) is -3.68. The van der Waals surface area contributed by atoms with Crippen molar-refractivity contribution in [2.75, 3.05) is 0 Å². The zero-order chi connectivity index (χ0) is 16.9. The van der Waals surface area contributed by atoms with Crippen LogP contribution in [0.1, 0.15) is 5.69 Å². The smallest absolute Gasteiger partial charge is 0.238 e. The van der Waals surface area contributed by atoms with Gasteiger partial charge in [-0.1, -0.05) is 12.1 Å². The van der Waals surface area contributed by atoms with Crippen LogP contribution in [0.25, 0.3) is 26.9 Å². The van der Waals surface area contributed by atoms with Crippen LogP contribution in [0, 0.1) is 6.92 Å². The van der Waals surface area contributed by atoms with Gasteiger partial charge in [0.15, 0.2) is 4.96 Å². The summed E-state index contributed by atoms with van der Waals surface area (Å²) in [5, 5.41) is 9.94. The van der Waals surface area contributed by atoms with Crippen LogP contribution in [0.2, 0.25) is 0 Å². The minimum Gasteiger partial charge on any atom is -0.288 e. The summed E-state index contributed by atoms with van der Waals surface area (Å²) in [6.45, 7) is 1.97. The van der Waals surface area contributed by atoms with Crippen molar-refractivity contribution in [3.8, 4) is 22.0 Å². The van der Waals surface area contributed by atoms with Crippen molar-refractivity contribution in [1.82, 2.24) is 14.4 Å². The summed E-state index contributed by atoms with van der Waals surface area (Å²) in [6, 6.07) is 6.40. The predicted molar refractivity (Wildman–Crippen MR) is 95.7 cm³/mol. The molecule has 2 N–H and O–H groups in total. The second kappa shape index (κ2) is 5.49. The molecule has 6 nitrogen and oxygen atoms in total. The van der Waals surface area contributed by atoms with E-state index in [1.807, 2.05) is 28.3 Å². The summed E-state index contributed by atoms with van der Waals surface area (Å²) in [5.74, 6) is 0. The summed E-state index contributed by atoms with van der Waals surface area (Å²) >= 11 is 3.12. The molecule has 9 heteroatoms. The maximum absolute atomic E-state index is 11.3. The number of thiazole rings is 2. The quantitative estimate of drug-likeness (QED) is 0.595. The first-order valence-corrected chi connectivity index (χ1v) is 10.3. The molecule has 1 aromatic carbocycles. The van der Waals surface area contributed by atoms with Crippen LogP contribution in [-0.2, 0) is 10.0 Å². The number of rotatable bonds is 3. The molecule has 0 bridgehead atoms. The molecule has 0 atom stereocenters. The van der Waals surface area contributed by atoms with Gasteiger partial charge in [-0.05, 0) is 19.1 Å². The van der Waals surface area contributed by atoms with E-state index in [2.05, 4.69) is 9.97 Å². The number of primary sulfonamides is 1. The number of hydrogen-bond donors (Lipinski definition) is 1. The average Bonchev–Trinajstić information content (AvgIpc) is 3.22. The van der Waals surface area contributed by atoms with Gasteiger partial charge in [0.1, 0.15) is 10.7 Å². The zero-order valence-electron chi connectivity index (χ0n) is 12.5. The molecule has 0 aliphatic carbocycles. The molecule has 3 aromatic heterocycles. The van der Waals surface area contributed by atoms with E-state index >= 15 is 0 Å². The van der Waals surface area contributed by atoms with Crippen LogP contribution in [0.4, 0.5) is 0 Å². The number of sulfonamides is 1. The van der Waals surface area contributed by atoms with Crippen molar-refractivity contribution < 1.29 is 8.42 Å². The number of nitrogens with zero attached hydrogens (tertiary/aromatic N) is 3. The Morgan fingerprint density at radius 3 is 2.58 bits per heavy atom. The zero-order valence-corrected chi connectivity index (χ0v) is 15.0. The number of hydrogen-bond acceptors (Lipinski definition) is 6. The number of nitrogens with two attached hydrogens (primary N) is 1. The van der Waals surface area contributed by atoms with Crippen molar-refractivity contribution >= 4 is 37.7 Å². The highest BCUT2D eigenvalue weighted by atomic mass is 32.2. The Kier molecular flexibility index (Phi) is 3.53. The SMILES string of the molecule is Cc1nc2sccn2c1-c1nc(-c2ccc(S(N)(=O)=O)cc2)cs1. The Balaban J connectivity index is 1.75. The van der Waals surface area contributed by atoms with E-state index < -0.39 is 10.0 Å². The lowest BCUT2D eigenvalue weighted by atomic mass is 10.2. The minimum atomic E-state index is -3.68. The molecule has 24 heavy (non-hydrogen) atoms. The highest BCUT2D eigenvalue weighted by Crippen LogP contribution is 2.32. The second-order valence-corrected chi connectivity index (χ2v) is 8.50. The van der Waals surface area contributed by atoms with Gasteiger partial charge in [-0.15, -0.1) is 22.7 Å². The maximum atomic E-state index is 11.3.